The minimum absolute atomic E-state index is 0.116. The average molecular weight is 389 g/mol. The van der Waals surface area contributed by atoms with Crippen LogP contribution in [0.5, 0.6) is 0 Å². The first-order valence-corrected chi connectivity index (χ1v) is 9.15. The number of carbonyl (C=O) groups excluding carboxylic acids is 2. The number of anilines is 1. The summed E-state index contributed by atoms with van der Waals surface area (Å²) in [5.74, 6) is -0.829. The van der Waals surface area contributed by atoms with Gasteiger partial charge in [-0.3, -0.25) is 9.59 Å². The van der Waals surface area contributed by atoms with Crippen molar-refractivity contribution in [1.29, 1.82) is 5.26 Å². The van der Waals surface area contributed by atoms with Gasteiger partial charge in [0.15, 0.2) is 6.10 Å². The minimum atomic E-state index is -0.950. The molecule has 0 radical (unpaired) electrons. The van der Waals surface area contributed by atoms with Crippen molar-refractivity contribution in [3.63, 3.8) is 0 Å². The number of nitrogens with one attached hydrogen (secondary N) is 1. The fraction of sp³-hybridized carbons (Fsp3) is 0.211. The highest BCUT2D eigenvalue weighted by atomic mass is 35.5. The third-order valence-corrected chi connectivity index (χ3v) is 4.94. The molecule has 5 nitrogen and oxygen atoms in total. The Balaban J connectivity index is 1.86. The van der Waals surface area contributed by atoms with E-state index in [1.165, 1.54) is 30.8 Å². The van der Waals surface area contributed by atoms with Gasteiger partial charge in [0.05, 0.1) is 16.3 Å². The van der Waals surface area contributed by atoms with Gasteiger partial charge in [-0.05, 0) is 43.7 Å². The Morgan fingerprint density at radius 3 is 2.69 bits per heavy atom. The molecule has 0 fully saturated rings. The van der Waals surface area contributed by atoms with Crippen molar-refractivity contribution < 1.29 is 14.3 Å². The number of carbonyl (C=O) groups is 2. The van der Waals surface area contributed by atoms with Gasteiger partial charge in [-0.25, -0.2) is 0 Å². The zero-order valence-electron chi connectivity index (χ0n) is 14.3. The standard InChI is InChI=1S/C19H17ClN2O3S/c1-12-5-3-4-6-17(12)26-11-18(23)25-13(2)19(24)22-15-8-7-14(10-21)16(20)9-15/h3-9,13H,11H2,1-2H3,(H,22,24). The molecule has 0 aromatic heterocycles. The number of halogens is 1. The van der Waals surface area contributed by atoms with E-state index in [-0.39, 0.29) is 10.8 Å². The van der Waals surface area contributed by atoms with Crippen LogP contribution in [0.1, 0.15) is 18.1 Å². The van der Waals surface area contributed by atoms with Crippen LogP contribution >= 0.6 is 23.4 Å². The molecule has 1 amide bonds. The smallest absolute Gasteiger partial charge is 0.317 e. The van der Waals surface area contributed by atoms with E-state index < -0.39 is 18.0 Å². The van der Waals surface area contributed by atoms with Gasteiger partial charge in [-0.1, -0.05) is 29.8 Å². The van der Waals surface area contributed by atoms with Crippen LogP contribution in [0, 0.1) is 18.3 Å². The first kappa shape index (κ1) is 19.8. The van der Waals surface area contributed by atoms with Crippen LogP contribution in [0.4, 0.5) is 5.69 Å². The predicted octanol–water partition coefficient (Wildman–Crippen LogP) is 4.18. The number of hydrogen-bond acceptors (Lipinski definition) is 5. The Hall–Kier alpha value is -2.49. The summed E-state index contributed by atoms with van der Waals surface area (Å²) >= 11 is 7.29. The van der Waals surface area contributed by atoms with E-state index in [1.807, 2.05) is 37.3 Å². The number of ether oxygens (including phenoxy) is 1. The van der Waals surface area contributed by atoms with Gasteiger partial charge in [0.2, 0.25) is 0 Å². The minimum Gasteiger partial charge on any atom is -0.452 e. The highest BCUT2D eigenvalue weighted by Gasteiger charge is 2.18. The van der Waals surface area contributed by atoms with Crippen LogP contribution in [0.2, 0.25) is 5.02 Å². The number of benzene rings is 2. The molecule has 2 aromatic rings. The molecule has 0 heterocycles. The van der Waals surface area contributed by atoms with Gasteiger partial charge in [0.1, 0.15) is 6.07 Å². The van der Waals surface area contributed by atoms with Gasteiger partial charge in [0.25, 0.3) is 5.91 Å². The number of rotatable bonds is 6. The Morgan fingerprint density at radius 1 is 1.31 bits per heavy atom. The lowest BCUT2D eigenvalue weighted by atomic mass is 10.2. The van der Waals surface area contributed by atoms with Crippen LogP contribution < -0.4 is 5.32 Å². The molecule has 1 atom stereocenters. The maximum Gasteiger partial charge on any atom is 0.317 e. The summed E-state index contributed by atoms with van der Waals surface area (Å²) in [6.07, 6.45) is -0.950. The van der Waals surface area contributed by atoms with Gasteiger partial charge in [-0.2, -0.15) is 5.26 Å². The van der Waals surface area contributed by atoms with Crippen LogP contribution in [0.15, 0.2) is 47.4 Å². The summed E-state index contributed by atoms with van der Waals surface area (Å²) in [7, 11) is 0. The Labute approximate surface area is 161 Å². The Bertz CT molecular complexity index is 864. The molecule has 2 aromatic carbocycles. The van der Waals surface area contributed by atoms with Gasteiger partial charge < -0.3 is 10.1 Å². The van der Waals surface area contributed by atoms with Crippen molar-refractivity contribution in [3.8, 4) is 6.07 Å². The lowest BCUT2D eigenvalue weighted by molar-refractivity contribution is -0.150. The fourth-order valence-electron chi connectivity index (χ4n) is 2.07. The highest BCUT2D eigenvalue weighted by Crippen LogP contribution is 2.22. The molecule has 0 aliphatic carbocycles. The van der Waals surface area contributed by atoms with Crippen molar-refractivity contribution in [3.05, 3.63) is 58.6 Å². The maximum absolute atomic E-state index is 12.1. The summed E-state index contributed by atoms with van der Waals surface area (Å²) < 4.78 is 5.16. The van der Waals surface area contributed by atoms with Crippen molar-refractivity contribution in [2.45, 2.75) is 24.8 Å². The number of nitrogens with zero attached hydrogens (tertiary/aromatic N) is 1. The maximum atomic E-state index is 12.1. The number of esters is 1. The molecule has 0 aliphatic rings. The van der Waals surface area contributed by atoms with E-state index in [9.17, 15) is 9.59 Å². The van der Waals surface area contributed by atoms with Crippen LogP contribution in [0.3, 0.4) is 0 Å². The SMILES string of the molecule is Cc1ccccc1SCC(=O)OC(C)C(=O)Nc1ccc(C#N)c(Cl)c1. The predicted molar refractivity (Wildman–Crippen MR) is 102 cm³/mol. The molecule has 0 saturated heterocycles. The van der Waals surface area contributed by atoms with E-state index in [1.54, 1.807) is 6.07 Å². The second kappa shape index (κ2) is 9.27. The molecule has 134 valence electrons. The number of hydrogen-bond donors (Lipinski definition) is 1. The van der Waals surface area contributed by atoms with Crippen molar-refractivity contribution in [2.24, 2.45) is 0 Å². The molecule has 1 N–H and O–H groups in total. The molecule has 0 aliphatic heterocycles. The first-order valence-electron chi connectivity index (χ1n) is 7.79. The number of thioether (sulfide) groups is 1. The van der Waals surface area contributed by atoms with Gasteiger partial charge in [-0.15, -0.1) is 11.8 Å². The molecular formula is C19H17ClN2O3S. The first-order chi connectivity index (χ1) is 12.4. The molecule has 0 saturated carbocycles. The highest BCUT2D eigenvalue weighted by molar-refractivity contribution is 8.00. The number of nitriles is 1. The van der Waals surface area contributed by atoms with E-state index in [4.69, 9.17) is 21.6 Å². The zero-order valence-corrected chi connectivity index (χ0v) is 15.9. The molecule has 0 spiro atoms. The summed E-state index contributed by atoms with van der Waals surface area (Å²) in [4.78, 5) is 25.1. The molecule has 2 rings (SSSR count). The molecular weight excluding hydrogens is 372 g/mol. The Kier molecular flexibility index (Phi) is 7.07. The third kappa shape index (κ3) is 5.51. The second-order valence-corrected chi connectivity index (χ2v) is 6.91. The summed E-state index contributed by atoms with van der Waals surface area (Å²) in [6, 6.07) is 14.2. The monoisotopic (exact) mass is 388 g/mol. The lowest BCUT2D eigenvalue weighted by Gasteiger charge is -2.14. The largest absolute Gasteiger partial charge is 0.452 e. The zero-order chi connectivity index (χ0) is 19.1. The van der Waals surface area contributed by atoms with Crippen LogP contribution in [0.25, 0.3) is 0 Å². The topological polar surface area (TPSA) is 79.2 Å². The van der Waals surface area contributed by atoms with Crippen molar-refractivity contribution in [2.75, 3.05) is 11.1 Å². The third-order valence-electron chi connectivity index (χ3n) is 3.47. The van der Waals surface area contributed by atoms with Crippen molar-refractivity contribution >= 4 is 40.9 Å². The van der Waals surface area contributed by atoms with E-state index in [2.05, 4.69) is 5.32 Å². The fourth-order valence-corrected chi connectivity index (χ4v) is 3.10. The summed E-state index contributed by atoms with van der Waals surface area (Å²) in [5.41, 5.74) is 1.82. The van der Waals surface area contributed by atoms with Crippen LogP contribution in [-0.4, -0.2) is 23.7 Å². The van der Waals surface area contributed by atoms with E-state index in [0.29, 0.717) is 11.3 Å². The normalized spacial score (nSPS) is 11.3. The van der Waals surface area contributed by atoms with Gasteiger partial charge in [0, 0.05) is 10.6 Å². The van der Waals surface area contributed by atoms with Crippen molar-refractivity contribution in [1.82, 2.24) is 0 Å². The van der Waals surface area contributed by atoms with E-state index >= 15 is 0 Å². The molecule has 26 heavy (non-hydrogen) atoms. The molecule has 0 bridgehead atoms. The molecule has 1 unspecified atom stereocenters. The second-order valence-electron chi connectivity index (χ2n) is 5.48. The molecule has 7 heteroatoms. The van der Waals surface area contributed by atoms with Gasteiger partial charge >= 0.3 is 5.97 Å². The van der Waals surface area contributed by atoms with Crippen LogP contribution in [-0.2, 0) is 14.3 Å². The summed E-state index contributed by atoms with van der Waals surface area (Å²) in [6.45, 7) is 3.46. The quantitative estimate of drug-likeness (QED) is 0.593. The average Bonchev–Trinajstić information content (AvgIpc) is 2.61. The summed E-state index contributed by atoms with van der Waals surface area (Å²) in [5, 5.41) is 11.7. The number of aryl methyl sites for hydroxylation is 1. The number of amides is 1. The Morgan fingerprint density at radius 2 is 2.04 bits per heavy atom. The lowest BCUT2D eigenvalue weighted by Crippen LogP contribution is -2.30. The van der Waals surface area contributed by atoms with E-state index in [0.717, 1.165) is 10.5 Å².